The molecule has 5 aromatic carbocycles. The molecular weight excluding hydrogens is 585 g/mol. The predicted molar refractivity (Wildman–Crippen MR) is 210 cm³/mol. The van der Waals surface area contributed by atoms with Gasteiger partial charge in [0.05, 0.1) is 11.0 Å². The van der Waals surface area contributed by atoms with Gasteiger partial charge in [0.1, 0.15) is 0 Å². The van der Waals surface area contributed by atoms with Gasteiger partial charge < -0.3 is 21.1 Å². The Morgan fingerprint density at radius 3 is 2.23 bits per heavy atom. The first-order chi connectivity index (χ1) is 23.4. The molecule has 0 unspecified atom stereocenters. The van der Waals surface area contributed by atoms with Crippen LogP contribution in [0, 0.1) is 17.7 Å². The number of nitrogens with zero attached hydrogens (tertiary/aromatic N) is 1. The summed E-state index contributed by atoms with van der Waals surface area (Å²) in [6.07, 6.45) is 14.8. The topological polar surface area (TPSA) is 78.7 Å². The van der Waals surface area contributed by atoms with Crippen molar-refractivity contribution in [2.24, 2.45) is 5.73 Å². The van der Waals surface area contributed by atoms with Gasteiger partial charge in [-0.25, -0.2) is 0 Å². The second-order valence-electron chi connectivity index (χ2n) is 11.4. The second-order valence-corrected chi connectivity index (χ2v) is 11.4. The van der Waals surface area contributed by atoms with Crippen LogP contribution in [0.3, 0.4) is 0 Å². The van der Waals surface area contributed by atoms with Gasteiger partial charge in [-0.1, -0.05) is 110 Å². The Morgan fingerprint density at radius 1 is 0.750 bits per heavy atom. The molecule has 0 atom stereocenters. The molecule has 4 nitrogen and oxygen atoms in total. The van der Waals surface area contributed by atoms with E-state index in [1.807, 2.05) is 19.1 Å². The zero-order valence-electron chi connectivity index (χ0n) is 27.4. The summed E-state index contributed by atoms with van der Waals surface area (Å²) in [5.41, 5.74) is 16.2. The van der Waals surface area contributed by atoms with Crippen LogP contribution in [0.25, 0.3) is 55.0 Å². The van der Waals surface area contributed by atoms with E-state index in [2.05, 4.69) is 128 Å². The van der Waals surface area contributed by atoms with Crippen LogP contribution in [-0.2, 0) is 0 Å². The van der Waals surface area contributed by atoms with E-state index < -0.39 is 0 Å². The van der Waals surface area contributed by atoms with Crippen molar-refractivity contribution in [3.05, 3.63) is 181 Å². The summed E-state index contributed by atoms with van der Waals surface area (Å²) >= 11 is 0. The fourth-order valence-electron chi connectivity index (χ4n) is 5.79. The van der Waals surface area contributed by atoms with E-state index in [9.17, 15) is 0 Å². The number of nitrogens with two attached hydrogens (primary N) is 1. The first kappa shape index (κ1) is 33.1. The van der Waals surface area contributed by atoms with Gasteiger partial charge >= 0.3 is 0 Å². The summed E-state index contributed by atoms with van der Waals surface area (Å²) < 4.78 is 2.40. The number of hydrogen-bond acceptors (Lipinski definition) is 3. The molecule has 6 rings (SSSR count). The number of benzene rings is 5. The van der Waals surface area contributed by atoms with Crippen LogP contribution in [-0.4, -0.2) is 17.0 Å². The molecule has 236 valence electrons. The molecular formula is C44H40N4. The van der Waals surface area contributed by atoms with Crippen molar-refractivity contribution < 1.29 is 0 Å². The molecule has 0 bridgehead atoms. The largest absolute Gasteiger partial charge is 0.398 e. The Morgan fingerprint density at radius 2 is 1.50 bits per heavy atom. The van der Waals surface area contributed by atoms with E-state index in [0.717, 1.165) is 22.3 Å². The number of hydrogen-bond donors (Lipinski definition) is 3. The number of aromatic nitrogens is 1. The molecule has 0 aliphatic heterocycles. The highest BCUT2D eigenvalue weighted by Gasteiger charge is 2.15. The minimum atomic E-state index is 0.617. The van der Waals surface area contributed by atoms with E-state index in [1.165, 1.54) is 61.8 Å². The highest BCUT2D eigenvalue weighted by molar-refractivity contribution is 6.19. The maximum absolute atomic E-state index is 7.44. The van der Waals surface area contributed by atoms with Crippen molar-refractivity contribution >= 4 is 50.6 Å². The third kappa shape index (κ3) is 7.09. The van der Waals surface area contributed by atoms with Gasteiger partial charge in [-0.15, -0.1) is 0 Å². The molecule has 48 heavy (non-hydrogen) atoms. The molecule has 4 heteroatoms. The maximum Gasteiger partial charge on any atom is 0.0619 e. The lowest BCUT2D eigenvalue weighted by Gasteiger charge is -2.11. The van der Waals surface area contributed by atoms with Crippen molar-refractivity contribution in [3.8, 4) is 16.8 Å². The molecule has 6 aromatic rings. The fourth-order valence-corrected chi connectivity index (χ4v) is 5.79. The van der Waals surface area contributed by atoms with Crippen LogP contribution < -0.4 is 5.73 Å². The molecule has 0 aliphatic carbocycles. The van der Waals surface area contributed by atoms with E-state index in [1.54, 1.807) is 30.4 Å². The van der Waals surface area contributed by atoms with E-state index in [0.29, 0.717) is 5.70 Å². The standard InChI is InChI=1S/C34H26N2.C10H14N2/c1-3-24(18-19-35)25-8-7-9-26(21-25)27-13-16-30-28(22-27)14-17-32-31-15-12-23(2)20-33(31)36(34(30)32)29-10-5-4-6-11-29;1-3-4-7-10(12)9(2)6-5-8-11/h3-22,35H,1H2,2H3;3-8,11H,2,12H2,1H3/b24-18+,35-19?;4-3-,6-5-,10-7-,11-8?. The molecule has 0 saturated heterocycles. The monoisotopic (exact) mass is 624 g/mol. The quantitative estimate of drug-likeness (QED) is 0.109. The maximum atomic E-state index is 7.44. The van der Waals surface area contributed by atoms with Gasteiger partial charge in [-0.2, -0.15) is 0 Å². The van der Waals surface area contributed by atoms with Gasteiger partial charge in [0.15, 0.2) is 0 Å². The van der Waals surface area contributed by atoms with Crippen molar-refractivity contribution in [1.29, 1.82) is 10.8 Å². The number of fused-ring (bicyclic) bond motifs is 5. The average Bonchev–Trinajstić information content (AvgIpc) is 3.45. The second kappa shape index (κ2) is 15.4. The summed E-state index contributed by atoms with van der Waals surface area (Å²) in [6, 6.07) is 37.0. The van der Waals surface area contributed by atoms with Crippen molar-refractivity contribution in [3.63, 3.8) is 0 Å². The molecule has 0 amide bonds. The highest BCUT2D eigenvalue weighted by atomic mass is 15.0. The lowest BCUT2D eigenvalue weighted by molar-refractivity contribution is 1.18. The van der Waals surface area contributed by atoms with Crippen LogP contribution in [0.1, 0.15) is 18.1 Å². The van der Waals surface area contributed by atoms with Crippen LogP contribution >= 0.6 is 0 Å². The minimum absolute atomic E-state index is 0.617. The average molecular weight is 625 g/mol. The summed E-state index contributed by atoms with van der Waals surface area (Å²) in [7, 11) is 0. The molecule has 0 aliphatic rings. The zero-order valence-corrected chi connectivity index (χ0v) is 27.4. The first-order valence-corrected chi connectivity index (χ1v) is 15.8. The Hall–Kier alpha value is -6.26. The Balaban J connectivity index is 0.000000323. The molecule has 1 heterocycles. The van der Waals surface area contributed by atoms with Crippen LogP contribution in [0.2, 0.25) is 0 Å². The van der Waals surface area contributed by atoms with Crippen molar-refractivity contribution in [1.82, 2.24) is 4.57 Å². The third-order valence-electron chi connectivity index (χ3n) is 8.16. The molecule has 0 radical (unpaired) electrons. The predicted octanol–water partition coefficient (Wildman–Crippen LogP) is 11.3. The smallest absolute Gasteiger partial charge is 0.0619 e. The lowest BCUT2D eigenvalue weighted by atomic mass is 9.96. The summed E-state index contributed by atoms with van der Waals surface area (Å²) in [6.45, 7) is 11.7. The molecule has 0 spiro atoms. The third-order valence-corrected chi connectivity index (χ3v) is 8.16. The van der Waals surface area contributed by atoms with Crippen LogP contribution in [0.15, 0.2) is 170 Å². The Kier molecular flexibility index (Phi) is 10.6. The summed E-state index contributed by atoms with van der Waals surface area (Å²) in [5.74, 6) is 0. The number of allylic oxidation sites excluding steroid dienone is 8. The Labute approximate surface area is 282 Å². The van der Waals surface area contributed by atoms with Crippen molar-refractivity contribution in [2.45, 2.75) is 13.8 Å². The normalized spacial score (nSPS) is 12.0. The van der Waals surface area contributed by atoms with Gasteiger partial charge in [0.2, 0.25) is 0 Å². The van der Waals surface area contributed by atoms with Gasteiger partial charge in [-0.3, -0.25) is 0 Å². The van der Waals surface area contributed by atoms with Gasteiger partial charge in [0.25, 0.3) is 0 Å². The number of rotatable bonds is 9. The zero-order chi connectivity index (χ0) is 34.0. The van der Waals surface area contributed by atoms with Gasteiger partial charge in [-0.05, 0) is 101 Å². The van der Waals surface area contributed by atoms with Crippen LogP contribution in [0.4, 0.5) is 0 Å². The SMILES string of the molecule is C=C(/C=C\C=N)/C(N)=C/C=C\C.C=C/C(=C\C=N)c1cccc(-c2ccc3c(ccc4c5ccc(C)cc5n(-c5ccccc5)c34)c2)c1. The van der Waals surface area contributed by atoms with Crippen LogP contribution in [0.5, 0.6) is 0 Å². The molecule has 0 fully saturated rings. The number of aryl methyl sites for hydroxylation is 1. The van der Waals surface area contributed by atoms with Crippen molar-refractivity contribution in [2.75, 3.05) is 0 Å². The summed E-state index contributed by atoms with van der Waals surface area (Å²) in [4.78, 5) is 0. The Bertz CT molecular complexity index is 2270. The minimum Gasteiger partial charge on any atom is -0.398 e. The fraction of sp³-hybridized carbons (Fsp3) is 0.0455. The van der Waals surface area contributed by atoms with E-state index in [4.69, 9.17) is 16.6 Å². The van der Waals surface area contributed by atoms with Gasteiger partial charge in [0, 0.05) is 40.0 Å². The molecule has 1 aromatic heterocycles. The molecule has 4 N–H and O–H groups in total. The molecule has 0 saturated carbocycles. The van der Waals surface area contributed by atoms with E-state index in [-0.39, 0.29) is 0 Å². The number of para-hydroxylation sites is 1. The summed E-state index contributed by atoms with van der Waals surface area (Å²) in [5, 5.41) is 19.2. The van der Waals surface area contributed by atoms with E-state index >= 15 is 0 Å². The highest BCUT2D eigenvalue weighted by Crippen LogP contribution is 2.38. The first-order valence-electron chi connectivity index (χ1n) is 15.8. The number of nitrogens with one attached hydrogen (secondary N) is 2. The lowest BCUT2D eigenvalue weighted by Crippen LogP contribution is -1.97.